The molecule has 13 heteroatoms. The molecule has 0 aliphatic rings. The Morgan fingerprint density at radius 2 is 1.38 bits per heavy atom. The first-order valence-corrected chi connectivity index (χ1v) is 6.30. The van der Waals surface area contributed by atoms with E-state index in [1.165, 1.54) is 0 Å². The largest absolute Gasteiger partial charge is 0.465 e. The van der Waals surface area contributed by atoms with Crippen molar-refractivity contribution < 1.29 is 53.8 Å². The number of amides is 1. The molecule has 26 heavy (non-hydrogen) atoms. The van der Waals surface area contributed by atoms with Crippen LogP contribution in [0.5, 0.6) is 0 Å². The average Bonchev–Trinajstić information content (AvgIpc) is 2.53. The third-order valence-corrected chi connectivity index (χ3v) is 3.01. The summed E-state index contributed by atoms with van der Waals surface area (Å²) in [6, 6.07) is 3.80. The Morgan fingerprint density at radius 3 is 1.85 bits per heavy atom. The summed E-state index contributed by atoms with van der Waals surface area (Å²) in [6.07, 6.45) is -7.05. The molecular weight excluding hydrogens is 389 g/mol. The SMILES string of the molecule is COC(=O)c1ccccc1NC(=O)C(F)(F)C(F)(F)C(F)(F)C(F)(F)F. The molecule has 4 nitrogen and oxygen atoms in total. The molecule has 1 amide bonds. The second kappa shape index (κ2) is 6.68. The van der Waals surface area contributed by atoms with Gasteiger partial charge in [0.05, 0.1) is 18.4 Å². The van der Waals surface area contributed by atoms with Crippen LogP contribution in [0, 0.1) is 0 Å². The molecule has 0 atom stereocenters. The van der Waals surface area contributed by atoms with Crippen LogP contribution in [0.3, 0.4) is 0 Å². The van der Waals surface area contributed by atoms with Crippen molar-refractivity contribution in [2.45, 2.75) is 23.9 Å². The zero-order valence-electron chi connectivity index (χ0n) is 12.4. The van der Waals surface area contributed by atoms with E-state index in [1.54, 1.807) is 0 Å². The minimum Gasteiger partial charge on any atom is -0.465 e. The first-order chi connectivity index (χ1) is 11.6. The number of carbonyl (C=O) groups is 2. The van der Waals surface area contributed by atoms with Gasteiger partial charge in [0.2, 0.25) is 0 Å². The van der Waals surface area contributed by atoms with Crippen LogP contribution in [0.2, 0.25) is 0 Å². The van der Waals surface area contributed by atoms with E-state index in [2.05, 4.69) is 4.74 Å². The Bertz CT molecular complexity index is 700. The number of esters is 1. The number of alkyl halides is 9. The molecule has 146 valence electrons. The molecule has 0 heterocycles. The van der Waals surface area contributed by atoms with Crippen LogP contribution in [0.4, 0.5) is 45.2 Å². The fraction of sp³-hybridized carbons (Fsp3) is 0.385. The van der Waals surface area contributed by atoms with Crippen LogP contribution >= 0.6 is 0 Å². The second-order valence-corrected chi connectivity index (χ2v) is 4.71. The third kappa shape index (κ3) is 3.42. The summed E-state index contributed by atoms with van der Waals surface area (Å²) in [7, 11) is 0.841. The molecule has 0 saturated carbocycles. The highest BCUT2D eigenvalue weighted by Crippen LogP contribution is 2.53. The molecule has 0 spiro atoms. The normalized spacial score (nSPS) is 13.3. The molecule has 1 N–H and O–H groups in total. The van der Waals surface area contributed by atoms with Crippen LogP contribution in [-0.4, -0.2) is 42.9 Å². The Balaban J connectivity index is 3.27. The van der Waals surface area contributed by atoms with Crippen LogP contribution < -0.4 is 5.32 Å². The number of rotatable bonds is 5. The lowest BCUT2D eigenvalue weighted by Crippen LogP contribution is -2.64. The highest BCUT2D eigenvalue weighted by molar-refractivity contribution is 6.03. The van der Waals surface area contributed by atoms with Gasteiger partial charge in [-0.1, -0.05) is 12.1 Å². The molecule has 0 aliphatic heterocycles. The maximum absolute atomic E-state index is 13.5. The van der Waals surface area contributed by atoms with Crippen LogP contribution in [0.1, 0.15) is 10.4 Å². The molecule has 0 fully saturated rings. The van der Waals surface area contributed by atoms with Crippen molar-refractivity contribution in [2.75, 3.05) is 12.4 Å². The van der Waals surface area contributed by atoms with E-state index in [0.717, 1.165) is 36.7 Å². The second-order valence-electron chi connectivity index (χ2n) is 4.71. The smallest absolute Gasteiger partial charge is 0.460 e. The van der Waals surface area contributed by atoms with E-state index < -0.39 is 47.1 Å². The summed E-state index contributed by atoms with van der Waals surface area (Å²) in [5.74, 6) is -25.2. The molecule has 0 unspecified atom stereocenters. The van der Waals surface area contributed by atoms with Crippen molar-refractivity contribution in [2.24, 2.45) is 0 Å². The number of hydrogen-bond acceptors (Lipinski definition) is 3. The molecule has 0 aromatic heterocycles. The summed E-state index contributed by atoms with van der Waals surface area (Å²) in [5, 5.41) is 1.03. The lowest BCUT2D eigenvalue weighted by molar-refractivity contribution is -0.388. The number of para-hydroxylation sites is 1. The van der Waals surface area contributed by atoms with Gasteiger partial charge in [-0.15, -0.1) is 0 Å². The highest BCUT2D eigenvalue weighted by Gasteiger charge is 2.83. The van der Waals surface area contributed by atoms with Gasteiger partial charge in [0.15, 0.2) is 0 Å². The van der Waals surface area contributed by atoms with Crippen molar-refractivity contribution in [3.63, 3.8) is 0 Å². The van der Waals surface area contributed by atoms with Gasteiger partial charge < -0.3 is 10.1 Å². The van der Waals surface area contributed by atoms with E-state index in [0.29, 0.717) is 0 Å². The topological polar surface area (TPSA) is 55.4 Å². The fourth-order valence-electron chi connectivity index (χ4n) is 1.60. The number of hydrogen-bond donors (Lipinski definition) is 1. The van der Waals surface area contributed by atoms with Gasteiger partial charge in [-0.3, -0.25) is 4.79 Å². The quantitative estimate of drug-likeness (QED) is 0.606. The summed E-state index contributed by atoms with van der Waals surface area (Å²) in [5.41, 5.74) is -1.50. The molecule has 1 aromatic rings. The maximum atomic E-state index is 13.5. The van der Waals surface area contributed by atoms with Gasteiger partial charge in [0, 0.05) is 0 Å². The molecule has 0 bridgehead atoms. The van der Waals surface area contributed by atoms with Gasteiger partial charge in [-0.25, -0.2) is 4.79 Å². The van der Waals surface area contributed by atoms with Gasteiger partial charge in [0.25, 0.3) is 0 Å². The van der Waals surface area contributed by atoms with E-state index in [1.807, 2.05) is 0 Å². The van der Waals surface area contributed by atoms with Crippen LogP contribution in [0.15, 0.2) is 24.3 Å². The van der Waals surface area contributed by atoms with Crippen molar-refractivity contribution in [3.05, 3.63) is 29.8 Å². The first kappa shape index (κ1) is 21.6. The Kier molecular flexibility index (Phi) is 5.55. The fourth-order valence-corrected chi connectivity index (χ4v) is 1.60. The molecule has 0 aliphatic carbocycles. The van der Waals surface area contributed by atoms with E-state index in [-0.39, 0.29) is 0 Å². The van der Waals surface area contributed by atoms with E-state index in [9.17, 15) is 49.1 Å². The number of benzene rings is 1. The van der Waals surface area contributed by atoms with Gasteiger partial charge >= 0.3 is 35.8 Å². The number of ether oxygens (including phenoxy) is 1. The molecule has 1 rings (SSSR count). The lowest BCUT2D eigenvalue weighted by atomic mass is 10.0. The number of halogens is 9. The van der Waals surface area contributed by atoms with Crippen molar-refractivity contribution in [3.8, 4) is 0 Å². The Labute approximate surface area is 138 Å². The Morgan fingerprint density at radius 1 is 0.885 bits per heavy atom. The zero-order valence-corrected chi connectivity index (χ0v) is 12.4. The molecule has 0 saturated heterocycles. The summed E-state index contributed by atoms with van der Waals surface area (Å²) in [4.78, 5) is 22.7. The predicted octanol–water partition coefficient (Wildman–Crippen LogP) is 3.88. The predicted molar refractivity (Wildman–Crippen MR) is 67.3 cm³/mol. The lowest BCUT2D eigenvalue weighted by Gasteiger charge is -2.32. The molecule has 1 aromatic carbocycles. The minimum absolute atomic E-state index is 0.634. The van der Waals surface area contributed by atoms with Crippen molar-refractivity contribution in [1.29, 1.82) is 0 Å². The highest BCUT2D eigenvalue weighted by atomic mass is 19.4. The van der Waals surface area contributed by atoms with Gasteiger partial charge in [0.1, 0.15) is 0 Å². The standard InChI is InChI=1S/C13H8F9NO3/c1-26-8(24)6-4-2-3-5-7(6)23-9(25)10(14,15)11(16,17)12(18,19)13(20,21)22/h2-5H,1H3,(H,23,25). The van der Waals surface area contributed by atoms with Crippen LogP contribution in [0.25, 0.3) is 0 Å². The van der Waals surface area contributed by atoms with Crippen molar-refractivity contribution in [1.82, 2.24) is 0 Å². The monoisotopic (exact) mass is 397 g/mol. The zero-order chi connectivity index (χ0) is 20.6. The van der Waals surface area contributed by atoms with Crippen LogP contribution in [-0.2, 0) is 9.53 Å². The summed E-state index contributed by atoms with van der Waals surface area (Å²) >= 11 is 0. The first-order valence-electron chi connectivity index (χ1n) is 6.30. The maximum Gasteiger partial charge on any atom is 0.460 e. The third-order valence-electron chi connectivity index (χ3n) is 3.01. The number of nitrogens with one attached hydrogen (secondary N) is 1. The van der Waals surface area contributed by atoms with Crippen molar-refractivity contribution >= 4 is 17.6 Å². The van der Waals surface area contributed by atoms with E-state index in [4.69, 9.17) is 0 Å². The minimum atomic E-state index is -7.21. The van der Waals surface area contributed by atoms with Gasteiger partial charge in [-0.05, 0) is 12.1 Å². The van der Waals surface area contributed by atoms with Gasteiger partial charge in [-0.2, -0.15) is 39.5 Å². The number of carbonyl (C=O) groups excluding carboxylic acids is 2. The van der Waals surface area contributed by atoms with E-state index >= 15 is 0 Å². The molecular formula is C13H8F9NO3. The average molecular weight is 397 g/mol. The molecule has 0 radical (unpaired) electrons. The number of methoxy groups -OCH3 is 1. The summed E-state index contributed by atoms with van der Waals surface area (Å²) < 4.78 is 119. The summed E-state index contributed by atoms with van der Waals surface area (Å²) in [6.45, 7) is 0. The Hall–Kier alpha value is -2.47. The number of anilines is 1.